The Bertz CT molecular complexity index is 1260. The number of phenolic OH excluding ortho intramolecular Hbond substituents is 1. The fourth-order valence-electron chi connectivity index (χ4n) is 3.64. The van der Waals surface area contributed by atoms with Crippen LogP contribution in [0.15, 0.2) is 53.3 Å². The first-order chi connectivity index (χ1) is 14.7. The van der Waals surface area contributed by atoms with Gasteiger partial charge in [0, 0.05) is 17.5 Å². The van der Waals surface area contributed by atoms with Gasteiger partial charge in [0.25, 0.3) is 5.56 Å². The van der Waals surface area contributed by atoms with E-state index in [1.54, 1.807) is 36.4 Å². The average molecular weight is 425 g/mol. The van der Waals surface area contributed by atoms with E-state index in [1.807, 2.05) is 0 Å². The molecule has 2 aliphatic rings. The molecule has 0 spiro atoms. The van der Waals surface area contributed by atoms with Gasteiger partial charge in [-0.2, -0.15) is 0 Å². The van der Waals surface area contributed by atoms with Crippen LogP contribution in [-0.4, -0.2) is 49.6 Å². The lowest BCUT2D eigenvalue weighted by molar-refractivity contribution is -0.112. The minimum absolute atomic E-state index is 0.0323. The number of benzene rings is 2. The number of amides is 1. The molecule has 3 unspecified atom stereocenters. The van der Waals surface area contributed by atoms with Crippen LogP contribution < -0.4 is 16.2 Å². The number of carboxylic acid groups (broad SMARTS) is 1. The van der Waals surface area contributed by atoms with Gasteiger partial charge >= 0.3 is 5.97 Å². The van der Waals surface area contributed by atoms with Gasteiger partial charge in [0.05, 0.1) is 5.56 Å². The molecule has 5 rings (SSSR count). The lowest BCUT2D eigenvalue weighted by atomic mass is 9.89. The van der Waals surface area contributed by atoms with Gasteiger partial charge in [-0.1, -0.05) is 24.3 Å². The fraction of sp³-hybridized carbons (Fsp3) is 0.190. The largest absolute Gasteiger partial charge is 0.507 e. The van der Waals surface area contributed by atoms with Crippen LogP contribution in [-0.2, 0) is 10.4 Å². The number of fused-ring (bicyclic) bond motifs is 2. The maximum Gasteiger partial charge on any atom is 0.352 e. The van der Waals surface area contributed by atoms with E-state index in [0.29, 0.717) is 16.5 Å². The maximum atomic E-state index is 11.4. The zero-order valence-electron chi connectivity index (χ0n) is 16.0. The molecule has 0 aliphatic carbocycles. The molecular formula is C21H19N3O7. The van der Waals surface area contributed by atoms with E-state index >= 15 is 0 Å². The van der Waals surface area contributed by atoms with Crippen molar-refractivity contribution in [1.82, 2.24) is 10.3 Å². The van der Waals surface area contributed by atoms with E-state index in [2.05, 4.69) is 15.6 Å². The van der Waals surface area contributed by atoms with E-state index in [1.165, 1.54) is 12.1 Å². The number of H-pyrrole nitrogens is 1. The Kier molecular flexibility index (Phi) is 4.88. The molecule has 1 fully saturated rings. The van der Waals surface area contributed by atoms with Gasteiger partial charge in [0.15, 0.2) is 6.23 Å². The number of pyridine rings is 1. The number of anilines is 1. The minimum Gasteiger partial charge on any atom is -0.507 e. The molecule has 3 aromatic rings. The summed E-state index contributed by atoms with van der Waals surface area (Å²) >= 11 is 0. The summed E-state index contributed by atoms with van der Waals surface area (Å²) in [6, 6.07) is 12.5. The third kappa shape index (κ3) is 3.69. The van der Waals surface area contributed by atoms with Crippen LogP contribution in [0.5, 0.6) is 5.75 Å². The summed E-state index contributed by atoms with van der Waals surface area (Å²) in [6.45, 7) is 0. The third-order valence-corrected chi connectivity index (χ3v) is 5.27. The van der Waals surface area contributed by atoms with Gasteiger partial charge in [-0.25, -0.2) is 4.79 Å². The molecule has 1 aromatic heterocycles. The number of hydrogen-bond donors (Lipinski definition) is 7. The summed E-state index contributed by atoms with van der Waals surface area (Å²) in [7, 11) is 0. The van der Waals surface area contributed by atoms with E-state index in [-0.39, 0.29) is 34.9 Å². The standard InChI is InChI=1S/C11H12N2O4.C10H7NO3/c14-7-3-1-2-5-8(7)11(17,10(16)13-5)4-6-9(15)12-6;12-9-7-4-2-1-3-6(7)5-8(11-9)10(13)14/h1-3,6,10,13-14,16-17H,4H2,(H,12,15);1-5H,(H,11,12)(H,13,14). The first-order valence-corrected chi connectivity index (χ1v) is 9.36. The smallest absolute Gasteiger partial charge is 0.352 e. The highest BCUT2D eigenvalue weighted by Gasteiger charge is 2.52. The van der Waals surface area contributed by atoms with Crippen molar-refractivity contribution in [2.24, 2.45) is 0 Å². The van der Waals surface area contributed by atoms with Gasteiger partial charge in [0.2, 0.25) is 5.91 Å². The highest BCUT2D eigenvalue weighted by Crippen LogP contribution is 2.46. The van der Waals surface area contributed by atoms with Gasteiger partial charge in [-0.15, -0.1) is 0 Å². The van der Waals surface area contributed by atoms with E-state index < -0.39 is 23.8 Å². The minimum atomic E-state index is -1.65. The number of carbonyl (C=O) groups is 2. The Morgan fingerprint density at radius 1 is 1.06 bits per heavy atom. The molecule has 7 N–H and O–H groups in total. The first-order valence-electron chi connectivity index (χ1n) is 9.36. The van der Waals surface area contributed by atoms with Gasteiger partial charge in [0.1, 0.15) is 23.1 Å². The average Bonchev–Trinajstić information content (AvgIpc) is 3.34. The van der Waals surface area contributed by atoms with Gasteiger partial charge in [-0.3, -0.25) is 9.59 Å². The molecule has 0 bridgehead atoms. The molecule has 2 aromatic carbocycles. The van der Waals surface area contributed by atoms with Crippen LogP contribution in [0.25, 0.3) is 10.8 Å². The predicted octanol–water partition coefficient (Wildman–Crippen LogP) is 0.438. The molecule has 3 atom stereocenters. The van der Waals surface area contributed by atoms with Crippen molar-refractivity contribution in [3.63, 3.8) is 0 Å². The molecule has 0 saturated carbocycles. The number of aliphatic hydroxyl groups excluding tert-OH is 1. The number of carbonyl (C=O) groups excluding carboxylic acids is 1. The quantitative estimate of drug-likeness (QED) is 0.295. The SMILES string of the molecule is O=C(O)c1cc2ccccc2c(=O)[nH]1.O=C1NC1CC1(O)c2c(O)cccc2NC1O. The van der Waals surface area contributed by atoms with Crippen LogP contribution in [0.3, 0.4) is 0 Å². The number of nitrogens with one attached hydrogen (secondary N) is 3. The Balaban J connectivity index is 0.000000152. The van der Waals surface area contributed by atoms with Crippen LogP contribution in [0.2, 0.25) is 0 Å². The van der Waals surface area contributed by atoms with E-state index in [9.17, 15) is 29.7 Å². The van der Waals surface area contributed by atoms with Crippen molar-refractivity contribution >= 4 is 28.3 Å². The Hall–Kier alpha value is -3.89. The van der Waals surface area contributed by atoms with E-state index in [0.717, 1.165) is 0 Å². The summed E-state index contributed by atoms with van der Waals surface area (Å²) in [5.41, 5.74) is -1.39. The summed E-state index contributed by atoms with van der Waals surface area (Å²) in [5, 5.41) is 45.1. The molecule has 2 aliphatic heterocycles. The monoisotopic (exact) mass is 425 g/mol. The molecule has 10 nitrogen and oxygen atoms in total. The zero-order valence-corrected chi connectivity index (χ0v) is 16.0. The van der Waals surface area contributed by atoms with Crippen molar-refractivity contribution in [2.75, 3.05) is 5.32 Å². The molecule has 10 heteroatoms. The lowest BCUT2D eigenvalue weighted by Crippen LogP contribution is -2.40. The molecular weight excluding hydrogens is 406 g/mol. The summed E-state index contributed by atoms with van der Waals surface area (Å²) < 4.78 is 0. The number of aliphatic hydroxyl groups is 2. The summed E-state index contributed by atoms with van der Waals surface area (Å²) in [6.07, 6.45) is -1.20. The second kappa shape index (κ2) is 7.42. The summed E-state index contributed by atoms with van der Waals surface area (Å²) in [5.74, 6) is -1.38. The number of aromatic carboxylic acids is 1. The molecule has 0 radical (unpaired) electrons. The molecule has 3 heterocycles. The lowest BCUT2D eigenvalue weighted by Gasteiger charge is -2.26. The highest BCUT2D eigenvalue weighted by molar-refractivity contribution is 5.96. The number of phenols is 1. The Labute approximate surface area is 174 Å². The first kappa shape index (κ1) is 20.4. The number of carboxylic acids is 1. The number of rotatable bonds is 3. The van der Waals surface area contributed by atoms with Crippen molar-refractivity contribution in [1.29, 1.82) is 0 Å². The van der Waals surface area contributed by atoms with Crippen LogP contribution >= 0.6 is 0 Å². The second-order valence-electron chi connectivity index (χ2n) is 7.34. The van der Waals surface area contributed by atoms with Crippen LogP contribution in [0.4, 0.5) is 5.69 Å². The summed E-state index contributed by atoms with van der Waals surface area (Å²) in [4.78, 5) is 35.2. The van der Waals surface area contributed by atoms with Crippen molar-refractivity contribution in [2.45, 2.75) is 24.3 Å². The third-order valence-electron chi connectivity index (χ3n) is 5.27. The molecule has 160 valence electrons. The number of aromatic nitrogens is 1. The molecule has 1 amide bonds. The fourth-order valence-corrected chi connectivity index (χ4v) is 3.64. The van der Waals surface area contributed by atoms with Gasteiger partial charge < -0.3 is 36.0 Å². The maximum absolute atomic E-state index is 11.4. The highest BCUT2D eigenvalue weighted by atomic mass is 16.4. The van der Waals surface area contributed by atoms with Gasteiger partial charge in [-0.05, 0) is 29.7 Å². The van der Waals surface area contributed by atoms with Crippen molar-refractivity contribution in [3.05, 3.63) is 70.1 Å². The van der Waals surface area contributed by atoms with Crippen LogP contribution in [0.1, 0.15) is 22.5 Å². The zero-order chi connectivity index (χ0) is 22.3. The normalized spacial score (nSPS) is 23.2. The molecule has 1 saturated heterocycles. The van der Waals surface area contributed by atoms with Crippen molar-refractivity contribution < 1.29 is 30.0 Å². The number of hydrogen-bond acceptors (Lipinski definition) is 7. The predicted molar refractivity (Wildman–Crippen MR) is 110 cm³/mol. The number of aromatic amines is 1. The Morgan fingerprint density at radius 2 is 1.77 bits per heavy atom. The number of aromatic hydroxyl groups is 1. The Morgan fingerprint density at radius 3 is 2.45 bits per heavy atom. The second-order valence-corrected chi connectivity index (χ2v) is 7.34. The molecule has 31 heavy (non-hydrogen) atoms. The van der Waals surface area contributed by atoms with Crippen molar-refractivity contribution in [3.8, 4) is 5.75 Å². The van der Waals surface area contributed by atoms with Crippen LogP contribution in [0, 0.1) is 0 Å². The van der Waals surface area contributed by atoms with E-state index in [4.69, 9.17) is 5.11 Å². The topological polar surface area (TPSA) is 182 Å².